The molecule has 1 fully saturated rings. The number of nitrogens with zero attached hydrogens (tertiary/aromatic N) is 2. The van der Waals surface area contributed by atoms with Crippen molar-refractivity contribution in [2.45, 2.75) is 26.2 Å². The van der Waals surface area contributed by atoms with Crippen molar-refractivity contribution >= 4 is 5.69 Å². The van der Waals surface area contributed by atoms with E-state index in [0.717, 1.165) is 32.4 Å². The first-order chi connectivity index (χ1) is 7.83. The maximum atomic E-state index is 8.85. The molecule has 0 unspecified atom stereocenters. The zero-order chi connectivity index (χ0) is 11.4. The van der Waals surface area contributed by atoms with Crippen molar-refractivity contribution in [3.05, 3.63) is 29.8 Å². The molecule has 0 spiro atoms. The van der Waals surface area contributed by atoms with Crippen LogP contribution in [0.3, 0.4) is 0 Å². The molecular formula is C14H18N2. The van der Waals surface area contributed by atoms with E-state index in [4.69, 9.17) is 5.26 Å². The van der Waals surface area contributed by atoms with Gasteiger partial charge in [0, 0.05) is 24.7 Å². The Hall–Kier alpha value is -1.49. The maximum absolute atomic E-state index is 8.85. The summed E-state index contributed by atoms with van der Waals surface area (Å²) in [6.07, 6.45) is 3.11. The van der Waals surface area contributed by atoms with Crippen molar-refractivity contribution in [1.29, 1.82) is 5.26 Å². The molecule has 0 saturated carbocycles. The largest absolute Gasteiger partial charge is 0.371 e. The maximum Gasteiger partial charge on any atom is 0.0657 e. The zero-order valence-corrected chi connectivity index (χ0v) is 9.82. The summed E-state index contributed by atoms with van der Waals surface area (Å²) in [6.45, 7) is 4.21. The van der Waals surface area contributed by atoms with Gasteiger partial charge in [0.05, 0.1) is 6.07 Å². The number of hydrogen-bond donors (Lipinski definition) is 0. The minimum absolute atomic E-state index is 0.270. The van der Waals surface area contributed by atoms with Gasteiger partial charge in [-0.1, -0.05) is 19.1 Å². The lowest BCUT2D eigenvalue weighted by molar-refractivity contribution is 0.488. The van der Waals surface area contributed by atoms with Gasteiger partial charge < -0.3 is 4.90 Å². The third-order valence-corrected chi connectivity index (χ3v) is 3.39. The van der Waals surface area contributed by atoms with E-state index < -0.39 is 0 Å². The molecule has 1 aromatic carbocycles. The fourth-order valence-corrected chi connectivity index (χ4v) is 2.21. The Morgan fingerprint density at radius 3 is 2.38 bits per heavy atom. The Labute approximate surface area is 97.5 Å². The number of nitriles is 1. The summed E-state index contributed by atoms with van der Waals surface area (Å²) in [5.74, 6) is 0.270. The van der Waals surface area contributed by atoms with E-state index in [0.29, 0.717) is 0 Å². The van der Waals surface area contributed by atoms with Crippen LogP contribution in [0.1, 0.15) is 25.3 Å². The molecule has 0 aromatic heterocycles. The summed E-state index contributed by atoms with van der Waals surface area (Å²) in [5.41, 5.74) is 2.68. The van der Waals surface area contributed by atoms with E-state index in [1.807, 2.05) is 0 Å². The fourth-order valence-electron chi connectivity index (χ4n) is 2.21. The van der Waals surface area contributed by atoms with Crippen LogP contribution in [0, 0.1) is 17.2 Å². The molecular weight excluding hydrogens is 196 g/mol. The van der Waals surface area contributed by atoms with E-state index in [1.165, 1.54) is 11.3 Å². The third kappa shape index (κ3) is 2.36. The highest BCUT2D eigenvalue weighted by Gasteiger charge is 2.18. The van der Waals surface area contributed by atoms with E-state index >= 15 is 0 Å². The first kappa shape index (κ1) is 11.0. The molecule has 0 atom stereocenters. The smallest absolute Gasteiger partial charge is 0.0657 e. The molecule has 0 aliphatic carbocycles. The van der Waals surface area contributed by atoms with Gasteiger partial charge in [-0.25, -0.2) is 0 Å². The molecule has 2 heteroatoms. The number of aryl methyl sites for hydroxylation is 1. The first-order valence-electron chi connectivity index (χ1n) is 6.07. The topological polar surface area (TPSA) is 27.0 Å². The average molecular weight is 214 g/mol. The number of anilines is 1. The Bertz CT molecular complexity index is 367. The highest BCUT2D eigenvalue weighted by atomic mass is 15.1. The minimum atomic E-state index is 0.270. The second-order valence-corrected chi connectivity index (χ2v) is 4.41. The highest BCUT2D eigenvalue weighted by molar-refractivity contribution is 5.48. The molecule has 2 nitrogen and oxygen atoms in total. The molecule has 2 rings (SSSR count). The quantitative estimate of drug-likeness (QED) is 0.756. The van der Waals surface area contributed by atoms with E-state index in [9.17, 15) is 0 Å². The van der Waals surface area contributed by atoms with Gasteiger partial charge in [-0.2, -0.15) is 5.26 Å². The predicted octanol–water partition coefficient (Wildman–Crippen LogP) is 2.99. The summed E-state index contributed by atoms with van der Waals surface area (Å²) >= 11 is 0. The minimum Gasteiger partial charge on any atom is -0.371 e. The molecule has 0 radical (unpaired) electrons. The Kier molecular flexibility index (Phi) is 3.46. The van der Waals surface area contributed by atoms with Crippen LogP contribution in [-0.2, 0) is 6.42 Å². The molecule has 84 valence electrons. The van der Waals surface area contributed by atoms with E-state index in [1.54, 1.807) is 0 Å². The van der Waals surface area contributed by atoms with Crippen molar-refractivity contribution in [2.24, 2.45) is 5.92 Å². The van der Waals surface area contributed by atoms with Crippen molar-refractivity contribution in [1.82, 2.24) is 0 Å². The van der Waals surface area contributed by atoms with Gasteiger partial charge in [0.25, 0.3) is 0 Å². The molecule has 1 aromatic rings. The van der Waals surface area contributed by atoms with Crippen LogP contribution in [0.2, 0.25) is 0 Å². The second kappa shape index (κ2) is 5.03. The predicted molar refractivity (Wildman–Crippen MR) is 66.4 cm³/mol. The molecule has 0 amide bonds. The van der Waals surface area contributed by atoms with E-state index in [-0.39, 0.29) is 5.92 Å². The zero-order valence-electron chi connectivity index (χ0n) is 9.82. The molecule has 0 N–H and O–H groups in total. The number of piperidine rings is 1. The summed E-state index contributed by atoms with van der Waals surface area (Å²) in [5, 5.41) is 8.85. The highest BCUT2D eigenvalue weighted by Crippen LogP contribution is 2.23. The fraction of sp³-hybridized carbons (Fsp3) is 0.500. The standard InChI is InChI=1S/C14H18N2/c1-2-12-3-5-14(6-4-12)16-9-7-13(11-15)8-10-16/h3-6,13H,2,7-10H2,1H3. The molecule has 1 aliphatic rings. The summed E-state index contributed by atoms with van der Waals surface area (Å²) < 4.78 is 0. The third-order valence-electron chi connectivity index (χ3n) is 3.39. The van der Waals surface area contributed by atoms with Crippen molar-refractivity contribution in [3.8, 4) is 6.07 Å². The molecule has 1 saturated heterocycles. The average Bonchev–Trinajstić information content (AvgIpc) is 2.39. The van der Waals surface area contributed by atoms with Gasteiger partial charge in [-0.05, 0) is 37.0 Å². The van der Waals surface area contributed by atoms with Crippen molar-refractivity contribution < 1.29 is 0 Å². The van der Waals surface area contributed by atoms with Crippen LogP contribution in [0.25, 0.3) is 0 Å². The molecule has 16 heavy (non-hydrogen) atoms. The van der Waals surface area contributed by atoms with Crippen molar-refractivity contribution in [3.63, 3.8) is 0 Å². The number of benzene rings is 1. The van der Waals surface area contributed by atoms with E-state index in [2.05, 4.69) is 42.2 Å². The first-order valence-corrected chi connectivity index (χ1v) is 6.07. The lowest BCUT2D eigenvalue weighted by Crippen LogP contribution is -2.33. The SMILES string of the molecule is CCc1ccc(N2CCC(C#N)CC2)cc1. The van der Waals surface area contributed by atoms with Gasteiger partial charge in [0.15, 0.2) is 0 Å². The monoisotopic (exact) mass is 214 g/mol. The second-order valence-electron chi connectivity index (χ2n) is 4.41. The Balaban J connectivity index is 2.00. The summed E-state index contributed by atoms with van der Waals surface area (Å²) in [6, 6.07) is 11.2. The number of hydrogen-bond acceptors (Lipinski definition) is 2. The molecule has 1 heterocycles. The lowest BCUT2D eigenvalue weighted by atomic mass is 9.98. The normalized spacial score (nSPS) is 17.1. The van der Waals surface area contributed by atoms with Crippen LogP contribution in [0.15, 0.2) is 24.3 Å². The van der Waals surface area contributed by atoms with Crippen LogP contribution < -0.4 is 4.90 Å². The van der Waals surface area contributed by atoms with Crippen LogP contribution in [-0.4, -0.2) is 13.1 Å². The van der Waals surface area contributed by atoms with Crippen molar-refractivity contribution in [2.75, 3.05) is 18.0 Å². The Morgan fingerprint density at radius 1 is 1.25 bits per heavy atom. The Morgan fingerprint density at radius 2 is 1.88 bits per heavy atom. The summed E-state index contributed by atoms with van der Waals surface area (Å²) in [7, 11) is 0. The summed E-state index contributed by atoms with van der Waals surface area (Å²) in [4.78, 5) is 2.38. The van der Waals surface area contributed by atoms with Gasteiger partial charge in [-0.3, -0.25) is 0 Å². The van der Waals surface area contributed by atoms with Gasteiger partial charge >= 0.3 is 0 Å². The van der Waals surface area contributed by atoms with Crippen LogP contribution in [0.4, 0.5) is 5.69 Å². The van der Waals surface area contributed by atoms with Gasteiger partial charge in [0.2, 0.25) is 0 Å². The number of rotatable bonds is 2. The van der Waals surface area contributed by atoms with Crippen LogP contribution >= 0.6 is 0 Å². The van der Waals surface area contributed by atoms with Crippen LogP contribution in [0.5, 0.6) is 0 Å². The molecule has 1 aliphatic heterocycles. The molecule has 0 bridgehead atoms. The van der Waals surface area contributed by atoms with Gasteiger partial charge in [0.1, 0.15) is 0 Å². The lowest BCUT2D eigenvalue weighted by Gasteiger charge is -2.31. The van der Waals surface area contributed by atoms with Gasteiger partial charge in [-0.15, -0.1) is 0 Å².